The third kappa shape index (κ3) is 7.00. The second-order valence-electron chi connectivity index (χ2n) is 5.44. The highest BCUT2D eigenvalue weighted by atomic mass is 127. The molecule has 0 amide bonds. The molecule has 0 spiro atoms. The Kier molecular flexibility index (Phi) is 8.66. The van der Waals surface area contributed by atoms with Crippen LogP contribution >= 0.6 is 22.6 Å². The van der Waals surface area contributed by atoms with Gasteiger partial charge in [0.15, 0.2) is 0 Å². The lowest BCUT2D eigenvalue weighted by atomic mass is 10.0. The lowest BCUT2D eigenvalue weighted by Crippen LogP contribution is -2.13. The van der Waals surface area contributed by atoms with Gasteiger partial charge in [0.05, 0.1) is 0 Å². The van der Waals surface area contributed by atoms with Crippen molar-refractivity contribution in [1.82, 2.24) is 0 Å². The molecule has 0 aromatic heterocycles. The van der Waals surface area contributed by atoms with Crippen molar-refractivity contribution < 1.29 is 8.78 Å². The molecule has 0 radical (unpaired) electrons. The van der Waals surface area contributed by atoms with Crippen molar-refractivity contribution in [2.75, 3.05) is 0 Å². The molecule has 0 fully saturated rings. The summed E-state index contributed by atoms with van der Waals surface area (Å²) in [6.45, 7) is 2.20. The minimum atomic E-state index is -2.67. The summed E-state index contributed by atoms with van der Waals surface area (Å²) in [6, 6.07) is 6.59. The van der Waals surface area contributed by atoms with E-state index in [2.05, 4.69) is 29.5 Å². The van der Waals surface area contributed by atoms with Crippen molar-refractivity contribution in [2.24, 2.45) is 0 Å². The fraction of sp³-hybridized carbons (Fsp3) is 0.647. The Morgan fingerprint density at radius 2 is 1.35 bits per heavy atom. The number of halogens is 3. The second kappa shape index (κ2) is 9.69. The van der Waals surface area contributed by atoms with E-state index >= 15 is 0 Å². The molecule has 114 valence electrons. The van der Waals surface area contributed by atoms with E-state index in [1.165, 1.54) is 32.1 Å². The minimum absolute atomic E-state index is 0.0252. The molecule has 1 aromatic carbocycles. The van der Waals surface area contributed by atoms with Crippen LogP contribution in [-0.4, -0.2) is 0 Å². The Hall–Kier alpha value is -0.190. The summed E-state index contributed by atoms with van der Waals surface area (Å²) in [4.78, 5) is 0. The van der Waals surface area contributed by atoms with Crippen LogP contribution in [0.3, 0.4) is 0 Å². The van der Waals surface area contributed by atoms with Gasteiger partial charge >= 0.3 is 0 Å². The Bertz CT molecular complexity index is 360. The van der Waals surface area contributed by atoms with Crippen molar-refractivity contribution in [1.29, 1.82) is 0 Å². The van der Waals surface area contributed by atoms with E-state index in [0.717, 1.165) is 16.4 Å². The number of alkyl halides is 2. The summed E-state index contributed by atoms with van der Waals surface area (Å²) in [5.74, 6) is -2.67. The number of unbranched alkanes of at least 4 members (excludes halogenated alkanes) is 7. The van der Waals surface area contributed by atoms with Crippen molar-refractivity contribution >= 4 is 22.6 Å². The van der Waals surface area contributed by atoms with Gasteiger partial charge in [-0.3, -0.25) is 0 Å². The molecule has 0 unspecified atom stereocenters. The largest absolute Gasteiger partial charge is 0.273 e. The molecule has 0 nitrogen and oxygen atoms in total. The smallest absolute Gasteiger partial charge is 0.201 e. The molecule has 0 heterocycles. The average molecular weight is 394 g/mol. The highest BCUT2D eigenvalue weighted by Gasteiger charge is 2.30. The van der Waals surface area contributed by atoms with Gasteiger partial charge in [-0.15, -0.1) is 0 Å². The van der Waals surface area contributed by atoms with E-state index in [0.29, 0.717) is 6.42 Å². The maximum absolute atomic E-state index is 14.0. The molecule has 0 bridgehead atoms. The van der Waals surface area contributed by atoms with Crippen molar-refractivity contribution in [3.8, 4) is 0 Å². The number of benzene rings is 1. The molecule has 1 rings (SSSR count). The van der Waals surface area contributed by atoms with Gasteiger partial charge in [0.25, 0.3) is 5.92 Å². The van der Waals surface area contributed by atoms with Crippen LogP contribution in [0.4, 0.5) is 8.78 Å². The van der Waals surface area contributed by atoms with E-state index in [-0.39, 0.29) is 12.0 Å². The second-order valence-corrected chi connectivity index (χ2v) is 6.68. The standard InChI is InChI=1S/C17H25F2I/c1-2-3-4-5-6-7-8-9-14-17(18,19)15-10-12-16(20)13-11-15/h10-13H,2-9,14H2,1H3. The molecule has 20 heavy (non-hydrogen) atoms. The van der Waals surface area contributed by atoms with Crippen LogP contribution < -0.4 is 0 Å². The van der Waals surface area contributed by atoms with Crippen molar-refractivity contribution in [2.45, 2.75) is 70.6 Å². The third-order valence-electron chi connectivity index (χ3n) is 3.61. The van der Waals surface area contributed by atoms with Gasteiger partial charge in [-0.1, -0.05) is 64.0 Å². The van der Waals surface area contributed by atoms with E-state index in [1.807, 2.05) is 0 Å². The summed E-state index contributed by atoms with van der Waals surface area (Å²) < 4.78 is 28.9. The third-order valence-corrected chi connectivity index (χ3v) is 4.33. The fourth-order valence-corrected chi connectivity index (χ4v) is 2.68. The first-order chi connectivity index (χ1) is 9.56. The summed E-state index contributed by atoms with van der Waals surface area (Å²) in [6.07, 6.45) is 8.88. The molecule has 0 N–H and O–H groups in total. The number of hydrogen-bond acceptors (Lipinski definition) is 0. The predicted octanol–water partition coefficient (Wildman–Crippen LogP) is 6.91. The first-order valence-electron chi connectivity index (χ1n) is 7.70. The molecular formula is C17H25F2I. The van der Waals surface area contributed by atoms with E-state index < -0.39 is 5.92 Å². The predicted molar refractivity (Wildman–Crippen MR) is 90.3 cm³/mol. The SMILES string of the molecule is CCCCCCCCCCC(F)(F)c1ccc(I)cc1. The Morgan fingerprint density at radius 3 is 1.90 bits per heavy atom. The van der Waals surface area contributed by atoms with Gasteiger partial charge in [-0.2, -0.15) is 0 Å². The fourth-order valence-electron chi connectivity index (χ4n) is 2.32. The van der Waals surface area contributed by atoms with Crippen LogP contribution in [0.25, 0.3) is 0 Å². The summed E-state index contributed by atoms with van der Waals surface area (Å²) in [7, 11) is 0. The van der Waals surface area contributed by atoms with Crippen molar-refractivity contribution in [3.05, 3.63) is 33.4 Å². The lowest BCUT2D eigenvalue weighted by molar-refractivity contribution is -0.0158. The molecule has 3 heteroatoms. The van der Waals surface area contributed by atoms with Gasteiger partial charge in [0.2, 0.25) is 0 Å². The zero-order valence-corrected chi connectivity index (χ0v) is 14.5. The topological polar surface area (TPSA) is 0 Å². The average Bonchev–Trinajstić information content (AvgIpc) is 2.42. The maximum Gasteiger partial charge on any atom is 0.273 e. The molecule has 0 saturated carbocycles. The summed E-state index contributed by atoms with van der Waals surface area (Å²) >= 11 is 2.13. The zero-order chi connectivity index (χ0) is 14.8. The van der Waals surface area contributed by atoms with E-state index in [4.69, 9.17) is 0 Å². The molecule has 0 aliphatic heterocycles. The lowest BCUT2D eigenvalue weighted by Gasteiger charge is -2.16. The highest BCUT2D eigenvalue weighted by Crippen LogP contribution is 2.33. The Morgan fingerprint density at radius 1 is 0.850 bits per heavy atom. The summed E-state index contributed by atoms with van der Waals surface area (Å²) in [5, 5.41) is 0. The number of hydrogen-bond donors (Lipinski definition) is 0. The molecular weight excluding hydrogens is 369 g/mol. The minimum Gasteiger partial charge on any atom is -0.201 e. The van der Waals surface area contributed by atoms with Crippen LogP contribution in [0.5, 0.6) is 0 Å². The Balaban J connectivity index is 2.18. The first-order valence-corrected chi connectivity index (χ1v) is 8.78. The Labute approximate surface area is 135 Å². The first kappa shape index (κ1) is 17.9. The van der Waals surface area contributed by atoms with Crippen LogP contribution in [0.1, 0.15) is 70.3 Å². The van der Waals surface area contributed by atoms with Crippen LogP contribution in [0, 0.1) is 3.57 Å². The number of rotatable bonds is 10. The van der Waals surface area contributed by atoms with Crippen LogP contribution in [-0.2, 0) is 5.92 Å². The normalized spacial score (nSPS) is 11.8. The van der Waals surface area contributed by atoms with Gasteiger partial charge in [-0.05, 0) is 41.1 Å². The molecule has 1 aromatic rings. The van der Waals surface area contributed by atoms with E-state index in [9.17, 15) is 8.78 Å². The molecule has 0 aliphatic rings. The molecule has 0 saturated heterocycles. The monoisotopic (exact) mass is 394 g/mol. The van der Waals surface area contributed by atoms with Gasteiger partial charge in [0.1, 0.15) is 0 Å². The van der Waals surface area contributed by atoms with Gasteiger partial charge in [0, 0.05) is 15.6 Å². The van der Waals surface area contributed by atoms with Crippen LogP contribution in [0.15, 0.2) is 24.3 Å². The van der Waals surface area contributed by atoms with E-state index in [1.54, 1.807) is 24.3 Å². The van der Waals surface area contributed by atoms with Crippen LogP contribution in [0.2, 0.25) is 0 Å². The molecule has 0 atom stereocenters. The quantitative estimate of drug-likeness (QED) is 0.299. The zero-order valence-electron chi connectivity index (χ0n) is 12.3. The van der Waals surface area contributed by atoms with Gasteiger partial charge < -0.3 is 0 Å². The van der Waals surface area contributed by atoms with Crippen molar-refractivity contribution in [3.63, 3.8) is 0 Å². The highest BCUT2D eigenvalue weighted by molar-refractivity contribution is 14.1. The summed E-state index contributed by atoms with van der Waals surface area (Å²) in [5.41, 5.74) is 0.154. The molecule has 0 aliphatic carbocycles. The maximum atomic E-state index is 14.0. The van der Waals surface area contributed by atoms with Gasteiger partial charge in [-0.25, -0.2) is 8.78 Å².